The first-order valence-electron chi connectivity index (χ1n) is 22.2. The Morgan fingerprint density at radius 3 is 1.89 bits per heavy atom. The van der Waals surface area contributed by atoms with Gasteiger partial charge in [-0.15, -0.1) is 0 Å². The van der Waals surface area contributed by atoms with Gasteiger partial charge in [-0.25, -0.2) is 4.79 Å². The van der Waals surface area contributed by atoms with Crippen molar-refractivity contribution in [3.63, 3.8) is 0 Å². The number of carbonyl (C=O) groups excluding carboxylic acids is 5. The van der Waals surface area contributed by atoms with Gasteiger partial charge in [0.05, 0.1) is 13.2 Å². The Balaban J connectivity index is 1.58. The molecule has 16 heteroatoms. The lowest BCUT2D eigenvalue weighted by Crippen LogP contribution is -2.55. The van der Waals surface area contributed by atoms with Crippen LogP contribution < -0.4 is 21.3 Å². The van der Waals surface area contributed by atoms with Crippen molar-refractivity contribution in [3.05, 3.63) is 47.5 Å². The molecular formula is C46H70N6O10. The van der Waals surface area contributed by atoms with Crippen molar-refractivity contribution in [2.24, 2.45) is 0 Å². The number of likely N-dealkylation sites (N-methyl/N-ethyl adjacent to an activating group) is 2. The molecule has 8 N–H and O–H groups in total. The zero-order chi connectivity index (χ0) is 45.8. The minimum Gasteiger partial charge on any atom is -0.507 e. The summed E-state index contributed by atoms with van der Waals surface area (Å²) in [7, 11) is 3.06. The maximum absolute atomic E-state index is 13.9. The molecule has 344 valence electrons. The highest BCUT2D eigenvalue weighted by Crippen LogP contribution is 2.38. The number of phenols is 2. The maximum atomic E-state index is 13.9. The van der Waals surface area contributed by atoms with Crippen molar-refractivity contribution in [3.8, 4) is 22.6 Å². The Bertz CT molecular complexity index is 1810. The van der Waals surface area contributed by atoms with E-state index in [1.54, 1.807) is 11.9 Å². The van der Waals surface area contributed by atoms with E-state index in [1.807, 2.05) is 0 Å². The zero-order valence-electron chi connectivity index (χ0n) is 37.2. The van der Waals surface area contributed by atoms with E-state index in [9.17, 15) is 49.2 Å². The standard InChI is InChI=1S/C46H70N6O10/c1-6-7-8-9-10-11-12-13-14-15-16-17-18-19-24-51(4)37(29-53)44(59)48-30(2)42(57)47-28-40(56)52(5)41-33-21-23-39(55)35(27-33)34-25-32(20-22-38(34)54)26-36(46(61)62)50-43(58)31(3)49-45(41)60/h20-23,25,27,30-31,36-37,41,53-55H,6-19,24,26,28-29H2,1-5H3,(H,47,57)(H,48,59)(H,49,60)(H,50,58)(H,61,62)/t30-,31+,36+,37-,41+/m1/s1. The number of carbonyl (C=O) groups is 6. The predicted molar refractivity (Wildman–Crippen MR) is 236 cm³/mol. The molecule has 0 saturated heterocycles. The average Bonchev–Trinajstić information content (AvgIpc) is 3.23. The van der Waals surface area contributed by atoms with Crippen LogP contribution in [0.25, 0.3) is 11.1 Å². The van der Waals surface area contributed by atoms with Gasteiger partial charge in [-0.2, -0.15) is 0 Å². The number of hydrogen-bond acceptors (Lipinski definition) is 10. The van der Waals surface area contributed by atoms with Gasteiger partial charge in [0.1, 0.15) is 41.7 Å². The summed E-state index contributed by atoms with van der Waals surface area (Å²) in [6, 6.07) is 2.31. The second kappa shape index (κ2) is 26.3. The van der Waals surface area contributed by atoms with Crippen molar-refractivity contribution < 1.29 is 49.2 Å². The number of nitrogens with zero attached hydrogens (tertiary/aromatic N) is 2. The van der Waals surface area contributed by atoms with Gasteiger partial charge in [0.25, 0.3) is 0 Å². The number of amides is 5. The molecule has 0 spiro atoms. The molecule has 1 heterocycles. The number of phenolic OH excluding ortho intramolecular Hbond substituents is 2. The van der Waals surface area contributed by atoms with Crippen LogP contribution in [0.3, 0.4) is 0 Å². The third-order valence-electron chi connectivity index (χ3n) is 11.6. The van der Waals surface area contributed by atoms with E-state index in [2.05, 4.69) is 28.2 Å². The van der Waals surface area contributed by atoms with Gasteiger partial charge in [0, 0.05) is 24.6 Å². The third kappa shape index (κ3) is 15.9. The molecule has 0 radical (unpaired) electrons. The number of hydrogen-bond donors (Lipinski definition) is 8. The SMILES string of the molecule is CCCCCCCCCCCCCCCCN(C)[C@H](CO)C(=O)N[C@H](C)C(=O)NCC(=O)N(C)[C@@H]1C(=O)N[C@@H](C)C(=O)N[C@H](C(=O)O)Cc2ccc(O)c(c2)-c2cc1ccc2O. The number of aliphatic carboxylic acids is 1. The van der Waals surface area contributed by atoms with Crippen molar-refractivity contribution >= 4 is 35.5 Å². The fraction of sp³-hybridized carbons (Fsp3) is 0.609. The molecule has 3 rings (SSSR count). The lowest BCUT2D eigenvalue weighted by atomic mass is 9.94. The Morgan fingerprint density at radius 1 is 0.774 bits per heavy atom. The second-order valence-electron chi connectivity index (χ2n) is 16.6. The van der Waals surface area contributed by atoms with Gasteiger partial charge in [0.2, 0.25) is 29.5 Å². The molecule has 1 aliphatic heterocycles. The number of aliphatic hydroxyl groups is 1. The number of rotatable bonds is 24. The zero-order valence-corrected chi connectivity index (χ0v) is 37.2. The van der Waals surface area contributed by atoms with Gasteiger partial charge in [-0.1, -0.05) is 103 Å². The molecule has 5 atom stereocenters. The fourth-order valence-electron chi connectivity index (χ4n) is 7.60. The van der Waals surface area contributed by atoms with Crippen LogP contribution in [0.4, 0.5) is 0 Å². The van der Waals surface area contributed by atoms with E-state index in [1.165, 1.54) is 128 Å². The minimum absolute atomic E-state index is 0.0887. The van der Waals surface area contributed by atoms with E-state index in [0.29, 0.717) is 12.1 Å². The molecule has 0 aliphatic carbocycles. The third-order valence-corrected chi connectivity index (χ3v) is 11.6. The topological polar surface area (TPSA) is 238 Å². The van der Waals surface area contributed by atoms with Crippen LogP contribution in [-0.2, 0) is 35.2 Å². The van der Waals surface area contributed by atoms with Gasteiger partial charge >= 0.3 is 5.97 Å². The molecule has 16 nitrogen and oxygen atoms in total. The molecule has 0 unspecified atom stereocenters. The smallest absolute Gasteiger partial charge is 0.326 e. The van der Waals surface area contributed by atoms with Crippen molar-refractivity contribution in [2.45, 2.75) is 147 Å². The highest BCUT2D eigenvalue weighted by atomic mass is 16.4. The van der Waals surface area contributed by atoms with Gasteiger partial charge in [-0.3, -0.25) is 28.9 Å². The largest absolute Gasteiger partial charge is 0.507 e. The normalized spacial score (nSPS) is 17.6. The van der Waals surface area contributed by atoms with Gasteiger partial charge < -0.3 is 46.6 Å². The predicted octanol–water partition coefficient (Wildman–Crippen LogP) is 4.29. The van der Waals surface area contributed by atoms with Crippen molar-refractivity contribution in [1.29, 1.82) is 0 Å². The quantitative estimate of drug-likeness (QED) is 0.0693. The minimum atomic E-state index is -1.43. The highest BCUT2D eigenvalue weighted by molar-refractivity contribution is 5.96. The molecule has 2 aromatic rings. The molecule has 0 saturated carbocycles. The van der Waals surface area contributed by atoms with Crippen LogP contribution in [0.5, 0.6) is 11.5 Å². The lowest BCUT2D eigenvalue weighted by molar-refractivity contribution is -0.143. The Kier molecular flexibility index (Phi) is 21.7. The Morgan fingerprint density at radius 2 is 1.32 bits per heavy atom. The van der Waals surface area contributed by atoms with Crippen molar-refractivity contribution in [1.82, 2.24) is 31.1 Å². The molecule has 1 aliphatic rings. The number of nitrogens with one attached hydrogen (secondary N) is 4. The van der Waals surface area contributed by atoms with Crippen molar-refractivity contribution in [2.75, 3.05) is 33.8 Å². The lowest BCUT2D eigenvalue weighted by Gasteiger charge is -2.30. The molecule has 2 aromatic carbocycles. The maximum Gasteiger partial charge on any atom is 0.326 e. The van der Waals surface area contributed by atoms with Crippen LogP contribution >= 0.6 is 0 Å². The molecule has 4 bridgehead atoms. The molecular weight excluding hydrogens is 797 g/mol. The van der Waals surface area contributed by atoms with E-state index in [0.717, 1.165) is 24.2 Å². The summed E-state index contributed by atoms with van der Waals surface area (Å²) >= 11 is 0. The summed E-state index contributed by atoms with van der Waals surface area (Å²) in [5.41, 5.74) is 0.812. The number of unbranched alkanes of at least 4 members (excludes halogenated alkanes) is 13. The summed E-state index contributed by atoms with van der Waals surface area (Å²) in [5.74, 6) is -5.46. The monoisotopic (exact) mass is 867 g/mol. The molecule has 0 aromatic heterocycles. The summed E-state index contributed by atoms with van der Waals surface area (Å²) in [6.45, 7) is 4.58. The summed E-state index contributed by atoms with van der Waals surface area (Å²) in [6.07, 6.45) is 17.1. The van der Waals surface area contributed by atoms with Gasteiger partial charge in [-0.05, 0) is 69.3 Å². The first-order chi connectivity index (χ1) is 29.6. The number of aliphatic hydroxyl groups excluding tert-OH is 1. The molecule has 62 heavy (non-hydrogen) atoms. The number of aromatic hydroxyl groups is 2. The highest BCUT2D eigenvalue weighted by Gasteiger charge is 2.34. The van der Waals surface area contributed by atoms with Crippen LogP contribution in [0.2, 0.25) is 0 Å². The van der Waals surface area contributed by atoms with E-state index >= 15 is 0 Å². The molecule has 0 fully saturated rings. The number of carboxylic acid groups (broad SMARTS) is 1. The number of benzene rings is 2. The Hall–Kier alpha value is -5.22. The summed E-state index contributed by atoms with van der Waals surface area (Å²) in [5, 5.41) is 51.6. The van der Waals surface area contributed by atoms with Gasteiger partial charge in [0.15, 0.2) is 0 Å². The summed E-state index contributed by atoms with van der Waals surface area (Å²) in [4.78, 5) is 81.7. The van der Waals surface area contributed by atoms with Crippen LogP contribution in [0, 0.1) is 0 Å². The van der Waals surface area contributed by atoms with Crippen LogP contribution in [0.1, 0.15) is 128 Å². The van der Waals surface area contributed by atoms with Crippen LogP contribution in [-0.4, -0.2) is 124 Å². The fourth-order valence-corrected chi connectivity index (χ4v) is 7.60. The van der Waals surface area contributed by atoms with E-state index in [4.69, 9.17) is 0 Å². The first-order valence-corrected chi connectivity index (χ1v) is 22.2. The van der Waals surface area contributed by atoms with E-state index in [-0.39, 0.29) is 34.6 Å². The first kappa shape index (κ1) is 51.1. The summed E-state index contributed by atoms with van der Waals surface area (Å²) < 4.78 is 0. The second-order valence-corrected chi connectivity index (χ2v) is 16.6. The molecule has 5 amide bonds. The average molecular weight is 867 g/mol. The number of carboxylic acids is 1. The Labute approximate surface area is 366 Å². The van der Waals surface area contributed by atoms with E-state index < -0.39 is 78.9 Å². The number of fused-ring (bicyclic) bond motifs is 5. The van der Waals surface area contributed by atoms with Crippen LogP contribution in [0.15, 0.2) is 36.4 Å².